The third-order valence-electron chi connectivity index (χ3n) is 5.66. The summed E-state index contributed by atoms with van der Waals surface area (Å²) >= 11 is 6.33. The molecule has 4 rings (SSSR count). The third kappa shape index (κ3) is 3.68. The first kappa shape index (κ1) is 20.4. The fraction of sp³-hybridized carbons (Fsp3) is 0.304. The molecule has 1 aliphatic rings. The number of aromatic nitrogens is 1. The van der Waals surface area contributed by atoms with E-state index < -0.39 is 11.7 Å². The van der Waals surface area contributed by atoms with Crippen LogP contribution in [0.1, 0.15) is 17.4 Å². The Bertz CT molecular complexity index is 1100. The zero-order valence-electron chi connectivity index (χ0n) is 17.1. The van der Waals surface area contributed by atoms with Crippen molar-refractivity contribution in [3.63, 3.8) is 0 Å². The van der Waals surface area contributed by atoms with Crippen LogP contribution in [0.5, 0.6) is 5.75 Å². The van der Waals surface area contributed by atoms with E-state index >= 15 is 0 Å². The molecule has 30 heavy (non-hydrogen) atoms. The fourth-order valence-electron chi connectivity index (χ4n) is 3.92. The van der Waals surface area contributed by atoms with Gasteiger partial charge in [0, 0.05) is 43.5 Å². The number of halogens is 1. The van der Waals surface area contributed by atoms with Crippen molar-refractivity contribution in [1.82, 2.24) is 14.2 Å². The summed E-state index contributed by atoms with van der Waals surface area (Å²) in [7, 11) is 1.56. The number of Topliss-reactive ketones (excluding diaryl/α,β-unsaturated/α-hetero) is 1. The smallest absolute Gasteiger partial charge is 0.296 e. The van der Waals surface area contributed by atoms with Crippen molar-refractivity contribution in [2.75, 3.05) is 39.8 Å². The van der Waals surface area contributed by atoms with Gasteiger partial charge in [0.2, 0.25) is 0 Å². The Balaban J connectivity index is 1.74. The van der Waals surface area contributed by atoms with Crippen molar-refractivity contribution in [3.05, 3.63) is 59.4 Å². The van der Waals surface area contributed by atoms with Crippen molar-refractivity contribution in [1.29, 1.82) is 0 Å². The van der Waals surface area contributed by atoms with E-state index in [0.717, 1.165) is 30.7 Å². The number of carbonyl (C=O) groups excluding carboxylic acids is 2. The van der Waals surface area contributed by atoms with Crippen LogP contribution in [0.25, 0.3) is 16.6 Å². The Labute approximate surface area is 180 Å². The van der Waals surface area contributed by atoms with Gasteiger partial charge in [-0.05, 0) is 42.4 Å². The summed E-state index contributed by atoms with van der Waals surface area (Å²) in [4.78, 5) is 30.4. The van der Waals surface area contributed by atoms with Gasteiger partial charge in [0.1, 0.15) is 11.4 Å². The number of methoxy groups -OCH3 is 1. The van der Waals surface area contributed by atoms with E-state index in [0.29, 0.717) is 35.1 Å². The van der Waals surface area contributed by atoms with E-state index in [1.54, 1.807) is 34.7 Å². The SMILES string of the molecule is CCN1CCN(C(=O)C(=O)c2c(-c3ccc(OC)c(Cl)c3)cc3ccccn23)CC1. The summed E-state index contributed by atoms with van der Waals surface area (Å²) in [6.07, 6.45) is 1.81. The van der Waals surface area contributed by atoms with Gasteiger partial charge >= 0.3 is 0 Å². The van der Waals surface area contributed by atoms with Gasteiger partial charge in [-0.1, -0.05) is 30.7 Å². The summed E-state index contributed by atoms with van der Waals surface area (Å²) in [6.45, 7) is 5.73. The lowest BCUT2D eigenvalue weighted by atomic mass is 10.0. The summed E-state index contributed by atoms with van der Waals surface area (Å²) in [5.74, 6) is -0.412. The van der Waals surface area contributed by atoms with Crippen LogP contribution in [0.4, 0.5) is 0 Å². The van der Waals surface area contributed by atoms with Crippen molar-refractivity contribution >= 4 is 28.8 Å². The normalized spacial score (nSPS) is 14.8. The first-order chi connectivity index (χ1) is 14.5. The number of fused-ring (bicyclic) bond motifs is 1. The number of carbonyl (C=O) groups is 2. The second kappa shape index (κ2) is 8.50. The van der Waals surface area contributed by atoms with Gasteiger partial charge in [-0.2, -0.15) is 0 Å². The van der Waals surface area contributed by atoms with Crippen LogP contribution in [0.2, 0.25) is 5.02 Å². The zero-order valence-corrected chi connectivity index (χ0v) is 17.9. The molecule has 0 radical (unpaired) electrons. The van der Waals surface area contributed by atoms with Crippen LogP contribution in [0.15, 0.2) is 48.7 Å². The molecule has 2 aromatic heterocycles. The highest BCUT2D eigenvalue weighted by molar-refractivity contribution is 6.43. The molecule has 3 aromatic rings. The first-order valence-corrected chi connectivity index (χ1v) is 10.4. The molecule has 1 fully saturated rings. The lowest BCUT2D eigenvalue weighted by Gasteiger charge is -2.33. The Hall–Kier alpha value is -2.83. The second-order valence-corrected chi connectivity index (χ2v) is 7.71. The topological polar surface area (TPSA) is 54.3 Å². The van der Waals surface area contributed by atoms with Crippen LogP contribution in [0.3, 0.4) is 0 Å². The Morgan fingerprint density at radius 2 is 1.83 bits per heavy atom. The molecule has 0 atom stereocenters. The molecule has 0 saturated carbocycles. The maximum Gasteiger partial charge on any atom is 0.296 e. The zero-order chi connectivity index (χ0) is 21.3. The van der Waals surface area contributed by atoms with Crippen LogP contribution in [0, 0.1) is 0 Å². The summed E-state index contributed by atoms with van der Waals surface area (Å²) in [5.41, 5.74) is 2.63. The van der Waals surface area contributed by atoms with E-state index in [1.807, 2.05) is 30.3 Å². The Kier molecular flexibility index (Phi) is 5.79. The third-order valence-corrected chi connectivity index (χ3v) is 5.95. The summed E-state index contributed by atoms with van der Waals surface area (Å²) in [6, 6.07) is 12.9. The molecular formula is C23H24ClN3O3. The number of benzene rings is 1. The van der Waals surface area contributed by atoms with Crippen molar-refractivity contribution < 1.29 is 14.3 Å². The fourth-order valence-corrected chi connectivity index (χ4v) is 4.18. The van der Waals surface area contributed by atoms with Gasteiger partial charge in [-0.15, -0.1) is 0 Å². The van der Waals surface area contributed by atoms with E-state index in [9.17, 15) is 9.59 Å². The monoisotopic (exact) mass is 425 g/mol. The number of rotatable bonds is 5. The maximum absolute atomic E-state index is 13.4. The maximum atomic E-state index is 13.4. The van der Waals surface area contributed by atoms with Gasteiger partial charge in [-0.3, -0.25) is 9.59 Å². The number of pyridine rings is 1. The molecule has 0 unspecified atom stereocenters. The molecule has 0 N–H and O–H groups in total. The van der Waals surface area contributed by atoms with Crippen molar-refractivity contribution in [3.8, 4) is 16.9 Å². The largest absolute Gasteiger partial charge is 0.495 e. The first-order valence-electron chi connectivity index (χ1n) is 10.0. The van der Waals surface area contributed by atoms with Crippen LogP contribution in [-0.2, 0) is 4.79 Å². The van der Waals surface area contributed by atoms with Gasteiger partial charge in [0.25, 0.3) is 11.7 Å². The molecule has 0 spiro atoms. The number of amides is 1. The highest BCUT2D eigenvalue weighted by atomic mass is 35.5. The van der Waals surface area contributed by atoms with Crippen LogP contribution in [-0.4, -0.2) is 65.7 Å². The van der Waals surface area contributed by atoms with Gasteiger partial charge in [-0.25, -0.2) is 0 Å². The predicted molar refractivity (Wildman–Crippen MR) is 117 cm³/mol. The Morgan fingerprint density at radius 1 is 1.07 bits per heavy atom. The van der Waals surface area contributed by atoms with E-state index in [4.69, 9.17) is 16.3 Å². The summed E-state index contributed by atoms with van der Waals surface area (Å²) in [5, 5.41) is 0.450. The minimum absolute atomic E-state index is 0.356. The minimum Gasteiger partial charge on any atom is -0.495 e. The van der Waals surface area contributed by atoms with E-state index in [1.165, 1.54) is 0 Å². The van der Waals surface area contributed by atoms with Gasteiger partial charge < -0.3 is 18.9 Å². The van der Waals surface area contributed by atoms with E-state index in [2.05, 4.69) is 11.8 Å². The number of nitrogens with zero attached hydrogens (tertiary/aromatic N) is 3. The molecule has 1 saturated heterocycles. The molecule has 1 aromatic carbocycles. The van der Waals surface area contributed by atoms with Crippen LogP contribution >= 0.6 is 11.6 Å². The molecule has 0 aliphatic carbocycles. The molecule has 7 heteroatoms. The molecule has 1 aliphatic heterocycles. The van der Waals surface area contributed by atoms with Crippen molar-refractivity contribution in [2.45, 2.75) is 6.92 Å². The molecule has 3 heterocycles. The standard InChI is InChI=1S/C23H24ClN3O3/c1-3-25-10-12-26(13-11-25)23(29)22(28)21-18(15-17-6-4-5-9-27(17)21)16-7-8-20(30-2)19(24)14-16/h4-9,14-15H,3,10-13H2,1-2H3. The average Bonchev–Trinajstić information content (AvgIpc) is 3.17. The van der Waals surface area contributed by atoms with Crippen molar-refractivity contribution in [2.24, 2.45) is 0 Å². The lowest BCUT2D eigenvalue weighted by molar-refractivity contribution is -0.128. The number of hydrogen-bond acceptors (Lipinski definition) is 4. The lowest BCUT2D eigenvalue weighted by Crippen LogP contribution is -2.50. The number of hydrogen-bond donors (Lipinski definition) is 0. The second-order valence-electron chi connectivity index (χ2n) is 7.31. The summed E-state index contributed by atoms with van der Waals surface area (Å²) < 4.78 is 7.01. The number of ether oxygens (including phenoxy) is 1. The minimum atomic E-state index is -0.506. The molecule has 156 valence electrons. The average molecular weight is 426 g/mol. The Morgan fingerprint density at radius 3 is 2.50 bits per heavy atom. The van der Waals surface area contributed by atoms with Gasteiger partial charge in [0.15, 0.2) is 0 Å². The highest BCUT2D eigenvalue weighted by Gasteiger charge is 2.30. The van der Waals surface area contributed by atoms with Crippen LogP contribution < -0.4 is 4.74 Å². The molecule has 6 nitrogen and oxygen atoms in total. The van der Waals surface area contributed by atoms with E-state index in [-0.39, 0.29) is 0 Å². The highest BCUT2D eigenvalue weighted by Crippen LogP contribution is 2.34. The quantitative estimate of drug-likeness (QED) is 0.463. The molecule has 1 amide bonds. The molecule has 0 bridgehead atoms. The van der Waals surface area contributed by atoms with Gasteiger partial charge in [0.05, 0.1) is 12.1 Å². The number of ketones is 1. The number of piperazine rings is 1. The predicted octanol–water partition coefficient (Wildman–Crippen LogP) is 3.62. The number of likely N-dealkylation sites (N-methyl/N-ethyl adjacent to an activating group) is 1. The molecular weight excluding hydrogens is 402 g/mol.